The number of aromatic nitrogens is 1. The predicted molar refractivity (Wildman–Crippen MR) is 95.5 cm³/mol. The number of anilines is 1. The van der Waals surface area contributed by atoms with Crippen molar-refractivity contribution in [1.29, 1.82) is 0 Å². The second-order valence-electron chi connectivity index (χ2n) is 6.59. The number of carbonyl (C=O) groups is 1. The van der Waals surface area contributed by atoms with E-state index in [1.165, 1.54) is 18.2 Å². The molecule has 2 aliphatic rings. The number of alkyl halides is 2. The van der Waals surface area contributed by atoms with Gasteiger partial charge >= 0.3 is 12.6 Å². The zero-order valence-electron chi connectivity index (χ0n) is 14.0. The molecule has 142 valence electrons. The van der Waals surface area contributed by atoms with Crippen LogP contribution in [0.15, 0.2) is 35.3 Å². The van der Waals surface area contributed by atoms with Crippen LogP contribution in [0.1, 0.15) is 30.0 Å². The second-order valence-corrected chi connectivity index (χ2v) is 7.00. The molecule has 0 saturated carbocycles. The van der Waals surface area contributed by atoms with E-state index in [9.17, 15) is 18.4 Å². The largest absolute Gasteiger partial charge is 0.433 e. The number of carbonyl (C=O) groups excluding carboxylic acids is 1. The maximum Gasteiger partial charge on any atom is 0.387 e. The minimum Gasteiger partial charge on any atom is -0.433 e. The minimum atomic E-state index is -2.97. The van der Waals surface area contributed by atoms with Gasteiger partial charge in [-0.25, -0.2) is 4.79 Å². The molecule has 4 rings (SSSR count). The lowest BCUT2D eigenvalue weighted by Gasteiger charge is -2.36. The number of hydrogen-bond donors (Lipinski definition) is 2. The maximum absolute atomic E-state index is 12.8. The minimum absolute atomic E-state index is 0.0150. The van der Waals surface area contributed by atoms with Gasteiger partial charge in [-0.15, -0.1) is 0 Å². The van der Waals surface area contributed by atoms with E-state index in [0.717, 1.165) is 24.0 Å². The van der Waals surface area contributed by atoms with Crippen LogP contribution in [0.4, 0.5) is 19.3 Å². The van der Waals surface area contributed by atoms with Gasteiger partial charge in [-0.1, -0.05) is 11.6 Å². The van der Waals surface area contributed by atoms with Crippen molar-refractivity contribution in [3.8, 4) is 5.75 Å². The van der Waals surface area contributed by atoms with E-state index in [1.54, 1.807) is 17.2 Å². The van der Waals surface area contributed by atoms with Gasteiger partial charge < -0.3 is 19.9 Å². The lowest BCUT2D eigenvalue weighted by molar-refractivity contribution is -0.0497. The summed E-state index contributed by atoms with van der Waals surface area (Å²) in [5.74, 6) is -0.152. The summed E-state index contributed by atoms with van der Waals surface area (Å²) in [6.45, 7) is -2.97. The average Bonchev–Trinajstić information content (AvgIpc) is 2.92. The zero-order valence-corrected chi connectivity index (χ0v) is 14.8. The number of hydrogen-bond acceptors (Lipinski definition) is 3. The monoisotopic (exact) mass is 395 g/mol. The predicted octanol–water partition coefficient (Wildman–Crippen LogP) is 3.92. The third-order valence-corrected chi connectivity index (χ3v) is 5.29. The summed E-state index contributed by atoms with van der Waals surface area (Å²) < 4.78 is 28.9. The highest BCUT2D eigenvalue weighted by atomic mass is 35.5. The molecule has 9 heteroatoms. The Balaban J connectivity index is 1.53. The highest BCUT2D eigenvalue weighted by Crippen LogP contribution is 2.43. The van der Waals surface area contributed by atoms with Crippen molar-refractivity contribution in [2.75, 3.05) is 5.32 Å². The first-order valence-corrected chi connectivity index (χ1v) is 8.85. The molecule has 2 amide bonds. The molecule has 1 saturated heterocycles. The summed E-state index contributed by atoms with van der Waals surface area (Å²) >= 11 is 5.94. The first kappa shape index (κ1) is 17.8. The van der Waals surface area contributed by atoms with Gasteiger partial charge in [0.25, 0.3) is 0 Å². The molecule has 2 unspecified atom stereocenters. The molecule has 2 bridgehead atoms. The fourth-order valence-corrected chi connectivity index (χ4v) is 4.14. The molecule has 1 aromatic heterocycles. The molecule has 2 aromatic rings. The number of H-pyrrole nitrogens is 1. The van der Waals surface area contributed by atoms with Crippen molar-refractivity contribution >= 4 is 23.3 Å². The molecular weight excluding hydrogens is 380 g/mol. The normalized spacial score (nSPS) is 20.5. The van der Waals surface area contributed by atoms with Crippen LogP contribution >= 0.6 is 11.6 Å². The van der Waals surface area contributed by atoms with Crippen molar-refractivity contribution in [3.63, 3.8) is 0 Å². The molecule has 0 aliphatic carbocycles. The van der Waals surface area contributed by atoms with Crippen LogP contribution in [0.3, 0.4) is 0 Å². The van der Waals surface area contributed by atoms with Crippen LogP contribution in [0.5, 0.6) is 5.75 Å². The van der Waals surface area contributed by atoms with Crippen LogP contribution in [-0.2, 0) is 6.42 Å². The molecule has 0 spiro atoms. The number of rotatable bonds is 3. The fourth-order valence-electron chi connectivity index (χ4n) is 3.92. The maximum atomic E-state index is 12.8. The van der Waals surface area contributed by atoms with Crippen molar-refractivity contribution in [2.24, 2.45) is 0 Å². The molecule has 2 atom stereocenters. The van der Waals surface area contributed by atoms with E-state index in [4.69, 9.17) is 11.6 Å². The van der Waals surface area contributed by atoms with Gasteiger partial charge in [0.15, 0.2) is 0 Å². The lowest BCUT2D eigenvalue weighted by atomic mass is 9.95. The second kappa shape index (κ2) is 6.84. The van der Waals surface area contributed by atoms with Gasteiger partial charge in [0.05, 0.1) is 11.1 Å². The molecule has 3 heterocycles. The SMILES string of the molecule is O=C(Nc1ccc(OC(F)F)c(Cl)c1)N1C2CCC1c1c[nH]c(=O)cc1C2. The number of amides is 2. The molecule has 1 fully saturated rings. The Kier molecular flexibility index (Phi) is 4.51. The Morgan fingerprint density at radius 3 is 2.89 bits per heavy atom. The van der Waals surface area contributed by atoms with Gasteiger partial charge in [0.1, 0.15) is 5.75 Å². The Bertz CT molecular complexity index is 950. The molecule has 0 radical (unpaired) electrons. The summed E-state index contributed by atoms with van der Waals surface area (Å²) in [5.41, 5.74) is 2.18. The first-order valence-electron chi connectivity index (χ1n) is 8.47. The highest BCUT2D eigenvalue weighted by Gasteiger charge is 2.42. The summed E-state index contributed by atoms with van der Waals surface area (Å²) in [4.78, 5) is 28.8. The molecule has 2 N–H and O–H groups in total. The summed E-state index contributed by atoms with van der Waals surface area (Å²) in [6.07, 6.45) is 3.98. The van der Waals surface area contributed by atoms with Crippen LogP contribution < -0.4 is 15.6 Å². The first-order chi connectivity index (χ1) is 12.9. The highest BCUT2D eigenvalue weighted by molar-refractivity contribution is 6.32. The Hall–Kier alpha value is -2.61. The Morgan fingerprint density at radius 2 is 2.15 bits per heavy atom. The van der Waals surface area contributed by atoms with Crippen LogP contribution in [0, 0.1) is 0 Å². The van der Waals surface area contributed by atoms with Crippen molar-refractivity contribution in [2.45, 2.75) is 38.0 Å². The summed E-state index contributed by atoms with van der Waals surface area (Å²) in [5, 5.41) is 2.75. The van der Waals surface area contributed by atoms with E-state index in [2.05, 4.69) is 15.0 Å². The van der Waals surface area contributed by atoms with Crippen LogP contribution in [0.2, 0.25) is 5.02 Å². The van der Waals surface area contributed by atoms with E-state index < -0.39 is 6.61 Å². The van der Waals surface area contributed by atoms with Gasteiger partial charge in [-0.3, -0.25) is 4.79 Å². The van der Waals surface area contributed by atoms with Crippen LogP contribution in [0.25, 0.3) is 0 Å². The fraction of sp³-hybridized carbons (Fsp3) is 0.333. The number of nitrogens with zero attached hydrogens (tertiary/aromatic N) is 1. The van der Waals surface area contributed by atoms with E-state index in [0.29, 0.717) is 12.1 Å². The topological polar surface area (TPSA) is 74.4 Å². The van der Waals surface area contributed by atoms with Gasteiger partial charge in [-0.2, -0.15) is 8.78 Å². The van der Waals surface area contributed by atoms with Crippen molar-refractivity contribution in [1.82, 2.24) is 9.88 Å². The number of nitrogens with one attached hydrogen (secondary N) is 2. The average molecular weight is 396 g/mol. The number of halogens is 3. The van der Waals surface area contributed by atoms with E-state index in [1.807, 2.05) is 0 Å². The van der Waals surface area contributed by atoms with Gasteiger partial charge in [0, 0.05) is 24.0 Å². The Labute approximate surface area is 158 Å². The van der Waals surface area contributed by atoms with Crippen molar-refractivity contribution < 1.29 is 18.3 Å². The summed E-state index contributed by atoms with van der Waals surface area (Å²) in [7, 11) is 0. The van der Waals surface area contributed by atoms with Gasteiger partial charge in [0.2, 0.25) is 5.56 Å². The smallest absolute Gasteiger partial charge is 0.387 e. The molecule has 1 aromatic carbocycles. The number of urea groups is 1. The number of pyridine rings is 1. The number of aromatic amines is 1. The third kappa shape index (κ3) is 3.37. The van der Waals surface area contributed by atoms with Crippen LogP contribution in [-0.4, -0.2) is 28.6 Å². The third-order valence-electron chi connectivity index (χ3n) is 5.00. The standard InChI is InChI=1S/C18H16ClF2N3O3/c19-13-7-10(1-4-15(13)27-17(20)21)23-18(26)24-11-2-3-14(24)12-8-22-16(25)6-9(12)5-11/h1,4,6-8,11,14,17H,2-3,5H2,(H,22,25)(H,23,26). The number of benzene rings is 1. The quantitative estimate of drug-likeness (QED) is 0.827. The molecule has 27 heavy (non-hydrogen) atoms. The number of ether oxygens (including phenoxy) is 1. The molecule has 2 aliphatic heterocycles. The van der Waals surface area contributed by atoms with E-state index in [-0.39, 0.29) is 34.4 Å². The lowest BCUT2D eigenvalue weighted by Crippen LogP contribution is -2.44. The Morgan fingerprint density at radius 1 is 1.33 bits per heavy atom. The zero-order chi connectivity index (χ0) is 19.1. The molecule has 6 nitrogen and oxygen atoms in total. The van der Waals surface area contributed by atoms with Crippen molar-refractivity contribution in [3.05, 3.63) is 57.0 Å². The number of fused-ring (bicyclic) bond motifs is 4. The molecular formula is C18H16ClF2N3O3. The van der Waals surface area contributed by atoms with Gasteiger partial charge in [-0.05, 0) is 48.6 Å². The summed E-state index contributed by atoms with van der Waals surface area (Å²) in [6, 6.07) is 5.33. The van der Waals surface area contributed by atoms with E-state index >= 15 is 0 Å².